The van der Waals surface area contributed by atoms with E-state index in [0.717, 1.165) is 6.07 Å². The van der Waals surface area contributed by atoms with Crippen molar-refractivity contribution in [2.24, 2.45) is 0 Å². The first kappa shape index (κ1) is 18.9. The molecule has 10 heteroatoms. The summed E-state index contributed by atoms with van der Waals surface area (Å²) in [5.41, 5.74) is -0.825. The van der Waals surface area contributed by atoms with E-state index < -0.39 is 21.8 Å². The number of pyridine rings is 1. The van der Waals surface area contributed by atoms with Crippen molar-refractivity contribution in [2.45, 2.75) is 11.1 Å². The molecule has 2 aromatic rings. The van der Waals surface area contributed by atoms with Gasteiger partial charge in [0.2, 0.25) is 10.0 Å². The van der Waals surface area contributed by atoms with Crippen molar-refractivity contribution in [2.75, 3.05) is 31.1 Å². The number of benzene rings is 1. The van der Waals surface area contributed by atoms with Crippen LogP contribution in [0.2, 0.25) is 5.02 Å². The molecule has 0 bridgehead atoms. The highest BCUT2D eigenvalue weighted by atomic mass is 35.5. The van der Waals surface area contributed by atoms with Crippen LogP contribution in [0, 0.1) is 0 Å². The molecule has 5 nitrogen and oxygen atoms in total. The minimum Gasteiger partial charge on any atom is -0.353 e. The van der Waals surface area contributed by atoms with Gasteiger partial charge in [-0.3, -0.25) is 0 Å². The molecule has 0 radical (unpaired) electrons. The second kappa shape index (κ2) is 7.05. The molecular formula is C16H15ClF3N3O2S. The Kier molecular flexibility index (Phi) is 5.14. The number of nitrogens with zero attached hydrogens (tertiary/aromatic N) is 3. The van der Waals surface area contributed by atoms with E-state index in [-0.39, 0.29) is 36.9 Å². The number of piperazine rings is 1. The van der Waals surface area contributed by atoms with Gasteiger partial charge < -0.3 is 4.90 Å². The number of rotatable bonds is 3. The third-order valence-corrected chi connectivity index (χ3v) is 6.25. The summed E-state index contributed by atoms with van der Waals surface area (Å²) in [6.45, 7) is 0.373. The van der Waals surface area contributed by atoms with Gasteiger partial charge in [-0.05, 0) is 36.4 Å². The van der Waals surface area contributed by atoms with Crippen molar-refractivity contribution in [3.63, 3.8) is 0 Å². The molecule has 0 N–H and O–H groups in total. The Balaban J connectivity index is 1.77. The molecule has 0 amide bonds. The van der Waals surface area contributed by atoms with E-state index in [1.54, 1.807) is 0 Å². The zero-order valence-electron chi connectivity index (χ0n) is 13.4. The molecule has 0 spiro atoms. The van der Waals surface area contributed by atoms with E-state index >= 15 is 0 Å². The average molecular weight is 406 g/mol. The molecule has 3 rings (SSSR count). The summed E-state index contributed by atoms with van der Waals surface area (Å²) >= 11 is 5.77. The summed E-state index contributed by atoms with van der Waals surface area (Å²) in [6.07, 6.45) is -3.22. The zero-order valence-corrected chi connectivity index (χ0v) is 15.0. The smallest absolute Gasteiger partial charge is 0.353 e. The number of hydrogen-bond acceptors (Lipinski definition) is 4. The molecule has 1 aliphatic rings. The van der Waals surface area contributed by atoms with Gasteiger partial charge in [0.25, 0.3) is 0 Å². The van der Waals surface area contributed by atoms with Gasteiger partial charge in [-0.15, -0.1) is 0 Å². The fourth-order valence-electron chi connectivity index (χ4n) is 2.77. The molecule has 0 saturated carbocycles. The van der Waals surface area contributed by atoms with E-state index in [1.165, 1.54) is 45.7 Å². The van der Waals surface area contributed by atoms with Crippen LogP contribution in [-0.2, 0) is 16.2 Å². The van der Waals surface area contributed by atoms with Crippen molar-refractivity contribution >= 4 is 27.4 Å². The molecule has 26 heavy (non-hydrogen) atoms. The highest BCUT2D eigenvalue weighted by molar-refractivity contribution is 7.89. The quantitative estimate of drug-likeness (QED) is 0.786. The largest absolute Gasteiger partial charge is 0.419 e. The van der Waals surface area contributed by atoms with Gasteiger partial charge in [-0.1, -0.05) is 11.6 Å². The van der Waals surface area contributed by atoms with Crippen LogP contribution in [0.4, 0.5) is 19.0 Å². The number of alkyl halides is 3. The zero-order chi connectivity index (χ0) is 18.9. The number of sulfonamides is 1. The lowest BCUT2D eigenvalue weighted by Crippen LogP contribution is -2.49. The van der Waals surface area contributed by atoms with Crippen molar-refractivity contribution in [1.29, 1.82) is 0 Å². The van der Waals surface area contributed by atoms with Crippen LogP contribution in [0.15, 0.2) is 47.5 Å². The second-order valence-corrected chi connectivity index (χ2v) is 8.09. The molecule has 1 saturated heterocycles. The molecule has 0 unspecified atom stereocenters. The normalized spacial score (nSPS) is 16.7. The maximum atomic E-state index is 13.1. The predicted molar refractivity (Wildman–Crippen MR) is 91.7 cm³/mol. The highest BCUT2D eigenvalue weighted by Crippen LogP contribution is 2.35. The van der Waals surface area contributed by atoms with Gasteiger partial charge in [0, 0.05) is 37.4 Å². The number of aromatic nitrogens is 1. The molecule has 0 atom stereocenters. The highest BCUT2D eigenvalue weighted by Gasteiger charge is 2.37. The van der Waals surface area contributed by atoms with Crippen LogP contribution < -0.4 is 4.90 Å². The van der Waals surface area contributed by atoms with Gasteiger partial charge >= 0.3 is 6.18 Å². The Morgan fingerprint density at radius 3 is 2.19 bits per heavy atom. The predicted octanol–water partition coefficient (Wildman–Crippen LogP) is 3.26. The van der Waals surface area contributed by atoms with Gasteiger partial charge in [0.05, 0.1) is 10.5 Å². The third-order valence-electron chi connectivity index (χ3n) is 4.08. The van der Waals surface area contributed by atoms with Crippen LogP contribution in [0.3, 0.4) is 0 Å². The van der Waals surface area contributed by atoms with E-state index in [0.29, 0.717) is 5.02 Å². The monoisotopic (exact) mass is 405 g/mol. The SMILES string of the molecule is O=S(=O)(c1ccc(Cl)cc1)N1CCN(c2ncccc2C(F)(F)F)CC1. The fraction of sp³-hybridized carbons (Fsp3) is 0.312. The van der Waals surface area contributed by atoms with E-state index in [2.05, 4.69) is 4.98 Å². The standard InChI is InChI=1S/C16H15ClF3N3O2S/c17-12-3-5-13(6-4-12)26(24,25)23-10-8-22(9-11-23)15-14(16(18,19)20)2-1-7-21-15/h1-7H,8-11H2. The molecule has 1 aromatic heterocycles. The van der Waals surface area contributed by atoms with Crippen LogP contribution in [0.1, 0.15) is 5.56 Å². The van der Waals surface area contributed by atoms with Crippen LogP contribution in [0.5, 0.6) is 0 Å². The summed E-state index contributed by atoms with van der Waals surface area (Å²) in [6, 6.07) is 7.98. The Morgan fingerprint density at radius 1 is 1.00 bits per heavy atom. The lowest BCUT2D eigenvalue weighted by molar-refractivity contribution is -0.137. The molecular weight excluding hydrogens is 391 g/mol. The summed E-state index contributed by atoms with van der Waals surface area (Å²) in [5, 5.41) is 0.420. The maximum Gasteiger partial charge on any atom is 0.419 e. The molecule has 0 aliphatic carbocycles. The van der Waals surface area contributed by atoms with Gasteiger partial charge in [0.1, 0.15) is 5.82 Å². The maximum absolute atomic E-state index is 13.1. The lowest BCUT2D eigenvalue weighted by atomic mass is 10.2. The third kappa shape index (κ3) is 3.79. The number of hydrogen-bond donors (Lipinski definition) is 0. The van der Waals surface area contributed by atoms with E-state index in [1.807, 2.05) is 0 Å². The molecule has 140 valence electrons. The Bertz CT molecular complexity index is 880. The van der Waals surface area contributed by atoms with Crippen LogP contribution in [-0.4, -0.2) is 43.9 Å². The number of halogens is 4. The average Bonchev–Trinajstić information content (AvgIpc) is 2.61. The second-order valence-electron chi connectivity index (χ2n) is 5.72. The first-order valence-electron chi connectivity index (χ1n) is 7.72. The Morgan fingerprint density at radius 2 is 1.62 bits per heavy atom. The van der Waals surface area contributed by atoms with Crippen molar-refractivity contribution < 1.29 is 21.6 Å². The summed E-state index contributed by atoms with van der Waals surface area (Å²) in [5.74, 6) is -0.177. The summed E-state index contributed by atoms with van der Waals surface area (Å²) in [7, 11) is -3.72. The minimum absolute atomic E-state index is 0.0683. The van der Waals surface area contributed by atoms with Crippen molar-refractivity contribution in [3.05, 3.63) is 53.2 Å². The fourth-order valence-corrected chi connectivity index (χ4v) is 4.31. The van der Waals surface area contributed by atoms with E-state index in [9.17, 15) is 21.6 Å². The lowest BCUT2D eigenvalue weighted by Gasteiger charge is -2.35. The van der Waals surface area contributed by atoms with Crippen molar-refractivity contribution in [1.82, 2.24) is 9.29 Å². The van der Waals surface area contributed by atoms with Crippen LogP contribution in [0.25, 0.3) is 0 Å². The van der Waals surface area contributed by atoms with Gasteiger partial charge in [-0.25, -0.2) is 13.4 Å². The molecule has 2 heterocycles. The van der Waals surface area contributed by atoms with Crippen molar-refractivity contribution in [3.8, 4) is 0 Å². The molecule has 1 fully saturated rings. The Labute approximate surface area is 154 Å². The molecule has 1 aromatic carbocycles. The van der Waals surface area contributed by atoms with Gasteiger partial charge in [0.15, 0.2) is 0 Å². The first-order valence-corrected chi connectivity index (χ1v) is 9.54. The number of anilines is 1. The van der Waals surface area contributed by atoms with E-state index in [4.69, 9.17) is 11.6 Å². The summed E-state index contributed by atoms with van der Waals surface area (Å²) in [4.78, 5) is 5.40. The topological polar surface area (TPSA) is 53.5 Å². The summed E-state index contributed by atoms with van der Waals surface area (Å²) < 4.78 is 65.9. The Hall–Kier alpha value is -1.84. The first-order chi connectivity index (χ1) is 12.2. The minimum atomic E-state index is -4.52. The van der Waals surface area contributed by atoms with Gasteiger partial charge in [-0.2, -0.15) is 17.5 Å². The molecule has 1 aliphatic heterocycles. The van der Waals surface area contributed by atoms with Crippen LogP contribution >= 0.6 is 11.6 Å².